The summed E-state index contributed by atoms with van der Waals surface area (Å²) in [4.78, 5) is 21.2. The molecule has 27 heavy (non-hydrogen) atoms. The van der Waals surface area contributed by atoms with Crippen molar-refractivity contribution < 1.29 is 19.5 Å². The van der Waals surface area contributed by atoms with Gasteiger partial charge in [0.15, 0.2) is 18.5 Å². The van der Waals surface area contributed by atoms with E-state index >= 15 is 0 Å². The molecule has 0 unspecified atom stereocenters. The zero-order valence-electron chi connectivity index (χ0n) is 14.1. The Morgan fingerprint density at radius 1 is 0.815 bits per heavy atom. The summed E-state index contributed by atoms with van der Waals surface area (Å²) in [6.07, 6.45) is 2.22. The van der Waals surface area contributed by atoms with E-state index < -0.39 is 22.0 Å². The van der Waals surface area contributed by atoms with E-state index in [1.807, 2.05) is 0 Å². The Morgan fingerprint density at radius 2 is 1.44 bits per heavy atom. The fourth-order valence-electron chi connectivity index (χ4n) is 2.98. The zero-order valence-corrected chi connectivity index (χ0v) is 14.1. The third-order valence-corrected chi connectivity index (χ3v) is 4.26. The van der Waals surface area contributed by atoms with Crippen molar-refractivity contribution >= 4 is 11.4 Å². The monoisotopic (exact) mass is 366 g/mol. The summed E-state index contributed by atoms with van der Waals surface area (Å²) >= 11 is 0. The SMILES string of the molecule is O=[N+]([O-])c1ccc([C@H]([C@@H](O)c2ccccc2[N+](=O)[O-])[n+]2ccccc2)cc1. The predicted molar refractivity (Wildman–Crippen MR) is 95.9 cm³/mol. The van der Waals surface area contributed by atoms with Crippen LogP contribution in [0.3, 0.4) is 0 Å². The number of pyridine rings is 1. The fraction of sp³-hybridized carbons (Fsp3) is 0.105. The van der Waals surface area contributed by atoms with E-state index in [9.17, 15) is 25.3 Å². The number of nitro benzene ring substituents is 2. The number of benzene rings is 2. The van der Waals surface area contributed by atoms with Crippen molar-refractivity contribution in [1.29, 1.82) is 0 Å². The lowest BCUT2D eigenvalue weighted by atomic mass is 9.94. The van der Waals surface area contributed by atoms with Gasteiger partial charge in [-0.1, -0.05) is 18.2 Å². The number of aromatic nitrogens is 1. The number of hydrogen-bond acceptors (Lipinski definition) is 5. The number of aliphatic hydroxyl groups excluding tert-OH is 1. The van der Waals surface area contributed by atoms with E-state index in [0.29, 0.717) is 5.56 Å². The Hall–Kier alpha value is -3.65. The quantitative estimate of drug-likeness (QED) is 0.409. The smallest absolute Gasteiger partial charge is 0.275 e. The van der Waals surface area contributed by atoms with Crippen LogP contribution in [-0.4, -0.2) is 15.0 Å². The zero-order chi connectivity index (χ0) is 19.4. The molecule has 2 aromatic carbocycles. The van der Waals surface area contributed by atoms with Crippen molar-refractivity contribution in [2.45, 2.75) is 12.1 Å². The van der Waals surface area contributed by atoms with Crippen LogP contribution in [0.1, 0.15) is 23.3 Å². The normalized spacial score (nSPS) is 12.9. The maximum absolute atomic E-state index is 11.4. The van der Waals surface area contributed by atoms with Gasteiger partial charge in [0.1, 0.15) is 0 Å². The molecule has 0 aliphatic carbocycles. The minimum atomic E-state index is -1.24. The number of rotatable bonds is 6. The summed E-state index contributed by atoms with van der Waals surface area (Å²) in [5, 5.41) is 33.3. The molecule has 136 valence electrons. The molecular weight excluding hydrogens is 350 g/mol. The number of aliphatic hydroxyl groups is 1. The van der Waals surface area contributed by atoms with Gasteiger partial charge in [0, 0.05) is 35.9 Å². The van der Waals surface area contributed by atoms with E-state index in [1.54, 1.807) is 53.4 Å². The lowest BCUT2D eigenvalue weighted by Crippen LogP contribution is -2.42. The third-order valence-electron chi connectivity index (χ3n) is 4.26. The highest BCUT2D eigenvalue weighted by Crippen LogP contribution is 2.34. The van der Waals surface area contributed by atoms with Gasteiger partial charge in [-0.05, 0) is 18.2 Å². The van der Waals surface area contributed by atoms with Gasteiger partial charge in [0.05, 0.1) is 15.4 Å². The molecule has 0 bridgehead atoms. The van der Waals surface area contributed by atoms with Crippen molar-refractivity contribution in [2.75, 3.05) is 0 Å². The molecule has 3 aromatic rings. The third kappa shape index (κ3) is 3.80. The average molecular weight is 366 g/mol. The maximum Gasteiger partial charge on any atom is 0.275 e. The minimum Gasteiger partial charge on any atom is -0.381 e. The van der Waals surface area contributed by atoms with Crippen LogP contribution in [0.4, 0.5) is 11.4 Å². The lowest BCUT2D eigenvalue weighted by Gasteiger charge is -2.19. The van der Waals surface area contributed by atoms with Crippen molar-refractivity contribution in [3.8, 4) is 0 Å². The summed E-state index contributed by atoms with van der Waals surface area (Å²) in [6, 6.07) is 16.4. The second-order valence-corrected chi connectivity index (χ2v) is 5.88. The van der Waals surface area contributed by atoms with Gasteiger partial charge >= 0.3 is 0 Å². The first-order valence-electron chi connectivity index (χ1n) is 8.10. The summed E-state index contributed by atoms with van der Waals surface area (Å²) < 4.78 is 1.71. The fourth-order valence-corrected chi connectivity index (χ4v) is 2.98. The van der Waals surface area contributed by atoms with Crippen LogP contribution in [0.25, 0.3) is 0 Å². The van der Waals surface area contributed by atoms with Crippen molar-refractivity contribution in [1.82, 2.24) is 0 Å². The molecule has 8 nitrogen and oxygen atoms in total. The standard InChI is InChI=1S/C19H16N3O5/c23-19(16-6-2-3-7-17(16)22(26)27)18(20-12-4-1-5-13-20)14-8-10-15(11-9-14)21(24)25/h1-13,18-19,23H/q+1/t18-,19+/m1/s1. The summed E-state index contributed by atoms with van der Waals surface area (Å²) in [6.45, 7) is 0. The van der Waals surface area contributed by atoms with Crippen LogP contribution >= 0.6 is 0 Å². The molecule has 1 aromatic heterocycles. The minimum absolute atomic E-state index is 0.0734. The summed E-state index contributed by atoms with van der Waals surface area (Å²) in [5.41, 5.74) is 0.494. The first-order valence-corrected chi connectivity index (χ1v) is 8.10. The van der Waals surface area contributed by atoms with E-state index in [1.165, 1.54) is 30.3 Å². The lowest BCUT2D eigenvalue weighted by molar-refractivity contribution is -0.722. The molecule has 0 saturated carbocycles. The van der Waals surface area contributed by atoms with Gasteiger partial charge in [-0.25, -0.2) is 0 Å². The number of non-ortho nitro benzene ring substituents is 1. The second-order valence-electron chi connectivity index (χ2n) is 5.88. The largest absolute Gasteiger partial charge is 0.381 e. The van der Waals surface area contributed by atoms with Crippen molar-refractivity contribution in [3.05, 3.63) is 110 Å². The molecule has 8 heteroatoms. The Kier molecular flexibility index (Phi) is 5.18. The number of nitro groups is 2. The van der Waals surface area contributed by atoms with E-state index in [2.05, 4.69) is 0 Å². The van der Waals surface area contributed by atoms with E-state index in [4.69, 9.17) is 0 Å². The van der Waals surface area contributed by atoms with E-state index in [-0.39, 0.29) is 16.9 Å². The van der Waals surface area contributed by atoms with Crippen LogP contribution < -0.4 is 4.57 Å². The molecular formula is C19H16N3O5+. The van der Waals surface area contributed by atoms with Crippen LogP contribution in [-0.2, 0) is 0 Å². The summed E-state index contributed by atoms with van der Waals surface area (Å²) in [7, 11) is 0. The van der Waals surface area contributed by atoms with Crippen molar-refractivity contribution in [3.63, 3.8) is 0 Å². The van der Waals surface area contributed by atoms with E-state index in [0.717, 1.165) is 0 Å². The molecule has 0 amide bonds. The van der Waals surface area contributed by atoms with Gasteiger partial charge in [-0.2, -0.15) is 4.57 Å². The number of nitrogens with zero attached hydrogens (tertiary/aromatic N) is 3. The molecule has 3 rings (SSSR count). The van der Waals surface area contributed by atoms with Gasteiger partial charge in [-0.15, -0.1) is 0 Å². The van der Waals surface area contributed by atoms with Gasteiger partial charge in [-0.3, -0.25) is 20.2 Å². The van der Waals surface area contributed by atoms with Gasteiger partial charge < -0.3 is 5.11 Å². The molecule has 1 N–H and O–H groups in total. The highest BCUT2D eigenvalue weighted by atomic mass is 16.6. The number of para-hydroxylation sites is 1. The van der Waals surface area contributed by atoms with Crippen LogP contribution in [0.5, 0.6) is 0 Å². The summed E-state index contributed by atoms with van der Waals surface area (Å²) in [5.74, 6) is 0. The van der Waals surface area contributed by atoms with Crippen molar-refractivity contribution in [2.24, 2.45) is 0 Å². The molecule has 0 aliphatic heterocycles. The molecule has 0 saturated heterocycles. The molecule has 0 fully saturated rings. The Balaban J connectivity index is 2.11. The molecule has 2 atom stereocenters. The average Bonchev–Trinajstić information content (AvgIpc) is 2.69. The van der Waals surface area contributed by atoms with Crippen LogP contribution in [0, 0.1) is 20.2 Å². The Morgan fingerprint density at radius 3 is 2.04 bits per heavy atom. The van der Waals surface area contributed by atoms with Crippen LogP contribution in [0.15, 0.2) is 79.1 Å². The first-order chi connectivity index (χ1) is 13.0. The highest BCUT2D eigenvalue weighted by molar-refractivity contribution is 5.43. The highest BCUT2D eigenvalue weighted by Gasteiger charge is 2.35. The maximum atomic E-state index is 11.4. The van der Waals surface area contributed by atoms with Crippen LogP contribution in [0.2, 0.25) is 0 Å². The molecule has 0 radical (unpaired) electrons. The molecule has 1 heterocycles. The number of hydrogen-bond donors (Lipinski definition) is 1. The second kappa shape index (κ2) is 7.71. The predicted octanol–water partition coefficient (Wildman–Crippen LogP) is 3.11. The topological polar surface area (TPSA) is 110 Å². The Bertz CT molecular complexity index is 961. The van der Waals surface area contributed by atoms with Gasteiger partial charge in [0.2, 0.25) is 6.04 Å². The first kappa shape index (κ1) is 18.2. The Labute approximate surface area is 154 Å². The van der Waals surface area contributed by atoms with Gasteiger partial charge in [0.25, 0.3) is 11.4 Å². The molecule has 0 aliphatic rings. The molecule has 0 spiro atoms.